The zero-order valence-electron chi connectivity index (χ0n) is 10.5. The molecule has 0 aliphatic rings. The Hall–Kier alpha value is -2.02. The highest BCUT2D eigenvalue weighted by Crippen LogP contribution is 2.31. The minimum atomic E-state index is -0.289. The molecule has 0 saturated heterocycles. The maximum absolute atomic E-state index is 11.4. The van der Waals surface area contributed by atoms with Gasteiger partial charge in [0.2, 0.25) is 5.91 Å². The molecular weight excluding hydrogens is 216 g/mol. The number of carbonyl (C=O) groups is 1. The summed E-state index contributed by atoms with van der Waals surface area (Å²) in [5.41, 5.74) is 3.65. The van der Waals surface area contributed by atoms with Gasteiger partial charge in [0.1, 0.15) is 12.2 Å². The van der Waals surface area contributed by atoms with Crippen LogP contribution >= 0.6 is 0 Å². The summed E-state index contributed by atoms with van der Waals surface area (Å²) in [5, 5.41) is 11.2. The molecule has 4 nitrogen and oxygen atoms in total. The lowest BCUT2D eigenvalue weighted by Gasteiger charge is -2.16. The van der Waals surface area contributed by atoms with Crippen molar-refractivity contribution in [2.24, 2.45) is 0 Å². The molecule has 4 heteroatoms. The van der Waals surface area contributed by atoms with Gasteiger partial charge in [-0.2, -0.15) is 5.26 Å². The fourth-order valence-corrected chi connectivity index (χ4v) is 1.70. The number of nitrogens with one attached hydrogen (secondary N) is 1. The zero-order chi connectivity index (χ0) is 13.0. The summed E-state index contributed by atoms with van der Waals surface area (Å²) in [6.07, 6.45) is -0.135. The number of aryl methyl sites for hydroxylation is 1. The molecule has 1 rings (SSSR count). The lowest BCUT2D eigenvalue weighted by molar-refractivity contribution is -0.115. The summed E-state index contributed by atoms with van der Waals surface area (Å²) >= 11 is 0. The van der Waals surface area contributed by atoms with Gasteiger partial charge in [-0.1, -0.05) is 0 Å². The van der Waals surface area contributed by atoms with Crippen LogP contribution in [0.25, 0.3) is 0 Å². The topological polar surface area (TPSA) is 62.1 Å². The normalized spacial score (nSPS) is 9.59. The molecule has 0 heterocycles. The molecule has 0 spiro atoms. The zero-order valence-corrected chi connectivity index (χ0v) is 10.5. The summed E-state index contributed by atoms with van der Waals surface area (Å²) in [5.74, 6) is 0.515. The minimum absolute atomic E-state index is 0.135. The van der Waals surface area contributed by atoms with Crippen LogP contribution in [-0.2, 0) is 4.79 Å². The fourth-order valence-electron chi connectivity index (χ4n) is 1.70. The van der Waals surface area contributed by atoms with E-state index in [0.29, 0.717) is 0 Å². The highest BCUT2D eigenvalue weighted by atomic mass is 16.5. The molecule has 0 fully saturated rings. The van der Waals surface area contributed by atoms with E-state index in [1.165, 1.54) is 0 Å². The predicted octanol–water partition coefficient (Wildman–Crippen LogP) is 2.47. The summed E-state index contributed by atoms with van der Waals surface area (Å²) in [6, 6.07) is 3.71. The van der Waals surface area contributed by atoms with E-state index in [1.807, 2.05) is 32.9 Å². The van der Waals surface area contributed by atoms with E-state index in [9.17, 15) is 4.79 Å². The van der Waals surface area contributed by atoms with E-state index >= 15 is 0 Å². The molecular formula is C13H16N2O2. The second-order valence-electron chi connectivity index (χ2n) is 3.90. The molecule has 0 bridgehead atoms. The van der Waals surface area contributed by atoms with Crippen LogP contribution in [0.2, 0.25) is 0 Å². The van der Waals surface area contributed by atoms with Crippen LogP contribution in [0, 0.1) is 32.1 Å². The maximum Gasteiger partial charge on any atom is 0.238 e. The molecule has 1 aromatic rings. The van der Waals surface area contributed by atoms with Crippen LogP contribution in [0.15, 0.2) is 6.07 Å². The molecule has 0 saturated carbocycles. The third-order valence-electron chi connectivity index (χ3n) is 2.77. The second-order valence-corrected chi connectivity index (χ2v) is 3.90. The van der Waals surface area contributed by atoms with Crippen LogP contribution < -0.4 is 10.1 Å². The summed E-state index contributed by atoms with van der Waals surface area (Å²) in [4.78, 5) is 11.4. The van der Waals surface area contributed by atoms with Gasteiger partial charge in [-0.3, -0.25) is 4.79 Å². The van der Waals surface area contributed by atoms with Crippen molar-refractivity contribution in [3.05, 3.63) is 22.8 Å². The van der Waals surface area contributed by atoms with E-state index < -0.39 is 0 Å². The van der Waals surface area contributed by atoms with Crippen LogP contribution in [0.4, 0.5) is 5.69 Å². The highest BCUT2D eigenvalue weighted by molar-refractivity contribution is 5.94. The van der Waals surface area contributed by atoms with Crippen molar-refractivity contribution in [3.63, 3.8) is 0 Å². The third kappa shape index (κ3) is 2.76. The number of rotatable bonds is 3. The van der Waals surface area contributed by atoms with Gasteiger partial charge in [-0.15, -0.1) is 0 Å². The minimum Gasteiger partial charge on any atom is -0.496 e. The van der Waals surface area contributed by atoms with Crippen molar-refractivity contribution in [2.75, 3.05) is 12.4 Å². The highest BCUT2D eigenvalue weighted by Gasteiger charge is 2.12. The van der Waals surface area contributed by atoms with Gasteiger partial charge in [0.25, 0.3) is 0 Å². The van der Waals surface area contributed by atoms with E-state index in [4.69, 9.17) is 10.00 Å². The Morgan fingerprint density at radius 1 is 1.41 bits per heavy atom. The molecule has 0 aromatic heterocycles. The first-order valence-corrected chi connectivity index (χ1v) is 5.32. The molecule has 1 N–H and O–H groups in total. The average Bonchev–Trinajstić information content (AvgIpc) is 2.29. The number of carbonyl (C=O) groups excluding carboxylic acids is 1. The van der Waals surface area contributed by atoms with Crippen LogP contribution in [0.1, 0.15) is 23.1 Å². The van der Waals surface area contributed by atoms with Crippen molar-refractivity contribution in [1.29, 1.82) is 5.26 Å². The first-order chi connectivity index (χ1) is 8.01. The largest absolute Gasteiger partial charge is 0.496 e. The summed E-state index contributed by atoms with van der Waals surface area (Å²) in [6.45, 7) is 5.76. The smallest absolute Gasteiger partial charge is 0.238 e. The Labute approximate surface area is 101 Å². The summed E-state index contributed by atoms with van der Waals surface area (Å²) < 4.78 is 5.25. The molecule has 17 heavy (non-hydrogen) atoms. The number of nitriles is 1. The van der Waals surface area contributed by atoms with E-state index in [-0.39, 0.29) is 12.3 Å². The molecule has 0 aliphatic carbocycles. The number of methoxy groups -OCH3 is 1. The van der Waals surface area contributed by atoms with Crippen molar-refractivity contribution < 1.29 is 9.53 Å². The van der Waals surface area contributed by atoms with E-state index in [1.54, 1.807) is 7.11 Å². The number of nitrogens with zero attached hydrogens (tertiary/aromatic N) is 1. The van der Waals surface area contributed by atoms with Crippen LogP contribution in [-0.4, -0.2) is 13.0 Å². The average molecular weight is 232 g/mol. The van der Waals surface area contributed by atoms with E-state index in [0.717, 1.165) is 28.1 Å². The number of amides is 1. The van der Waals surface area contributed by atoms with E-state index in [2.05, 4.69) is 5.32 Å². The number of hydrogen-bond donors (Lipinski definition) is 1. The molecule has 0 atom stereocenters. The molecule has 0 radical (unpaired) electrons. The van der Waals surface area contributed by atoms with Gasteiger partial charge in [-0.25, -0.2) is 0 Å². The molecule has 90 valence electrons. The number of ether oxygens (including phenoxy) is 1. The van der Waals surface area contributed by atoms with Crippen molar-refractivity contribution in [2.45, 2.75) is 27.2 Å². The van der Waals surface area contributed by atoms with Crippen LogP contribution in [0.5, 0.6) is 5.75 Å². The Bertz CT molecular complexity index is 487. The first-order valence-electron chi connectivity index (χ1n) is 5.32. The molecule has 1 aromatic carbocycles. The molecule has 0 aliphatic heterocycles. The van der Waals surface area contributed by atoms with Crippen LogP contribution in [0.3, 0.4) is 0 Å². The monoisotopic (exact) mass is 232 g/mol. The fraction of sp³-hybridized carbons (Fsp3) is 0.385. The third-order valence-corrected chi connectivity index (χ3v) is 2.77. The van der Waals surface area contributed by atoms with Gasteiger partial charge in [0.05, 0.1) is 13.2 Å². The van der Waals surface area contributed by atoms with Gasteiger partial charge < -0.3 is 10.1 Å². The van der Waals surface area contributed by atoms with Gasteiger partial charge in [0, 0.05) is 5.69 Å². The number of hydrogen-bond acceptors (Lipinski definition) is 3. The second kappa shape index (κ2) is 5.35. The number of benzene rings is 1. The molecule has 1 amide bonds. The standard InChI is InChI=1S/C13H16N2O2/c1-8-7-11(17-4)9(2)10(3)13(8)15-12(16)5-6-14/h7H,5H2,1-4H3,(H,15,16). The lowest BCUT2D eigenvalue weighted by Crippen LogP contribution is -2.13. The van der Waals surface area contributed by atoms with Gasteiger partial charge in [0.15, 0.2) is 0 Å². The van der Waals surface area contributed by atoms with Crippen molar-refractivity contribution >= 4 is 11.6 Å². The Kier molecular flexibility index (Phi) is 4.11. The SMILES string of the molecule is COc1cc(C)c(NC(=O)CC#N)c(C)c1C. The Morgan fingerprint density at radius 3 is 2.59 bits per heavy atom. The van der Waals surface area contributed by atoms with Gasteiger partial charge >= 0.3 is 0 Å². The maximum atomic E-state index is 11.4. The number of anilines is 1. The van der Waals surface area contributed by atoms with Gasteiger partial charge in [-0.05, 0) is 43.5 Å². The molecule has 0 unspecified atom stereocenters. The Morgan fingerprint density at radius 2 is 2.06 bits per heavy atom. The predicted molar refractivity (Wildman–Crippen MR) is 66.1 cm³/mol. The van der Waals surface area contributed by atoms with Crippen molar-refractivity contribution in [1.82, 2.24) is 0 Å². The first kappa shape index (κ1) is 13.0. The quantitative estimate of drug-likeness (QED) is 0.870. The Balaban J connectivity index is 3.14. The summed E-state index contributed by atoms with van der Waals surface area (Å²) in [7, 11) is 1.62. The van der Waals surface area contributed by atoms with Crippen molar-refractivity contribution in [3.8, 4) is 11.8 Å². The lowest BCUT2D eigenvalue weighted by atomic mass is 10.0.